The SMILES string of the molecule is Cc1c(NC(=O)N2CCN(C(=O)OC(C)(C)C)CC2)ccc(Br)c1F. The normalized spacial score (nSPS) is 15.1. The van der Waals surface area contributed by atoms with Crippen LogP contribution in [0.25, 0.3) is 0 Å². The van der Waals surface area contributed by atoms with E-state index in [1.807, 2.05) is 20.8 Å². The Hall–Kier alpha value is -1.83. The van der Waals surface area contributed by atoms with E-state index in [0.717, 1.165) is 0 Å². The first-order valence-electron chi connectivity index (χ1n) is 8.07. The number of urea groups is 1. The lowest BCUT2D eigenvalue weighted by Gasteiger charge is -2.35. The van der Waals surface area contributed by atoms with E-state index in [-0.39, 0.29) is 12.1 Å². The number of carbonyl (C=O) groups is 2. The fourth-order valence-corrected chi connectivity index (χ4v) is 2.83. The fourth-order valence-electron chi connectivity index (χ4n) is 2.40. The van der Waals surface area contributed by atoms with Gasteiger partial charge in [-0.2, -0.15) is 0 Å². The zero-order valence-corrected chi connectivity index (χ0v) is 16.4. The average Bonchev–Trinajstić information content (AvgIpc) is 2.54. The van der Waals surface area contributed by atoms with Crippen molar-refractivity contribution in [1.82, 2.24) is 9.80 Å². The summed E-state index contributed by atoms with van der Waals surface area (Å²) in [7, 11) is 0. The summed E-state index contributed by atoms with van der Waals surface area (Å²) in [4.78, 5) is 27.6. The highest BCUT2D eigenvalue weighted by Gasteiger charge is 2.27. The molecule has 8 heteroatoms. The predicted octanol–water partition coefficient (Wildman–Crippen LogP) is 3.98. The van der Waals surface area contributed by atoms with Gasteiger partial charge in [-0.1, -0.05) is 0 Å². The van der Waals surface area contributed by atoms with Gasteiger partial charge in [-0.05, 0) is 55.8 Å². The van der Waals surface area contributed by atoms with Crippen molar-refractivity contribution in [3.05, 3.63) is 28.0 Å². The highest BCUT2D eigenvalue weighted by Crippen LogP contribution is 2.25. The molecule has 1 saturated heterocycles. The van der Waals surface area contributed by atoms with Crippen LogP contribution in [-0.2, 0) is 4.74 Å². The van der Waals surface area contributed by atoms with Crippen molar-refractivity contribution in [2.75, 3.05) is 31.5 Å². The Kier molecular flexibility index (Phi) is 5.92. The van der Waals surface area contributed by atoms with Gasteiger partial charge in [0, 0.05) is 37.4 Å². The van der Waals surface area contributed by atoms with Crippen molar-refractivity contribution in [3.63, 3.8) is 0 Å². The van der Waals surface area contributed by atoms with Crippen molar-refractivity contribution in [3.8, 4) is 0 Å². The molecule has 1 aromatic rings. The number of nitrogens with one attached hydrogen (secondary N) is 1. The maximum Gasteiger partial charge on any atom is 0.410 e. The highest BCUT2D eigenvalue weighted by molar-refractivity contribution is 9.10. The molecule has 1 aliphatic heterocycles. The largest absolute Gasteiger partial charge is 0.444 e. The Morgan fingerprint density at radius 3 is 2.28 bits per heavy atom. The van der Waals surface area contributed by atoms with Crippen molar-refractivity contribution in [2.45, 2.75) is 33.3 Å². The van der Waals surface area contributed by atoms with Crippen LogP contribution in [0.5, 0.6) is 0 Å². The Morgan fingerprint density at radius 1 is 1.16 bits per heavy atom. The summed E-state index contributed by atoms with van der Waals surface area (Å²) in [6, 6.07) is 2.89. The van der Waals surface area contributed by atoms with Crippen LogP contribution in [0.1, 0.15) is 26.3 Å². The monoisotopic (exact) mass is 415 g/mol. The van der Waals surface area contributed by atoms with E-state index in [2.05, 4.69) is 21.2 Å². The molecule has 1 aliphatic rings. The number of carbonyl (C=O) groups excluding carboxylic acids is 2. The number of halogens is 2. The first-order valence-corrected chi connectivity index (χ1v) is 8.86. The van der Waals surface area contributed by atoms with Crippen molar-refractivity contribution >= 4 is 33.7 Å². The lowest BCUT2D eigenvalue weighted by atomic mass is 10.2. The summed E-state index contributed by atoms with van der Waals surface area (Å²) in [6.07, 6.45) is -0.376. The molecule has 0 unspecified atom stereocenters. The van der Waals surface area contributed by atoms with Crippen LogP contribution in [0.15, 0.2) is 16.6 Å². The number of hydrogen-bond donors (Lipinski definition) is 1. The van der Waals surface area contributed by atoms with Gasteiger partial charge in [-0.3, -0.25) is 0 Å². The van der Waals surface area contributed by atoms with Gasteiger partial charge in [0.05, 0.1) is 4.47 Å². The zero-order valence-electron chi connectivity index (χ0n) is 14.9. The van der Waals surface area contributed by atoms with E-state index >= 15 is 0 Å². The molecule has 1 aromatic carbocycles. The van der Waals surface area contributed by atoms with E-state index in [4.69, 9.17) is 4.74 Å². The van der Waals surface area contributed by atoms with E-state index < -0.39 is 11.4 Å². The number of anilines is 1. The summed E-state index contributed by atoms with van der Waals surface area (Å²) in [5, 5.41) is 2.72. The van der Waals surface area contributed by atoms with Gasteiger partial charge in [0.25, 0.3) is 0 Å². The number of ether oxygens (including phenoxy) is 1. The molecule has 0 spiro atoms. The zero-order chi connectivity index (χ0) is 18.8. The van der Waals surface area contributed by atoms with Gasteiger partial charge in [0.15, 0.2) is 0 Å². The number of piperazine rings is 1. The summed E-state index contributed by atoms with van der Waals surface area (Å²) in [5.74, 6) is -0.396. The van der Waals surface area contributed by atoms with Gasteiger partial charge < -0.3 is 19.9 Å². The second-order valence-corrected chi connectivity index (χ2v) is 7.77. The van der Waals surface area contributed by atoms with E-state index in [1.165, 1.54) is 0 Å². The minimum absolute atomic E-state index is 0.311. The molecule has 0 radical (unpaired) electrons. The third-order valence-electron chi connectivity index (χ3n) is 3.80. The molecule has 2 rings (SSSR count). The maximum atomic E-state index is 13.9. The van der Waals surface area contributed by atoms with Gasteiger partial charge in [-0.25, -0.2) is 14.0 Å². The Bertz CT molecular complexity index is 668. The number of amides is 3. The molecular formula is C17H23BrFN3O3. The van der Waals surface area contributed by atoms with Gasteiger partial charge in [0.1, 0.15) is 11.4 Å². The van der Waals surface area contributed by atoms with Gasteiger partial charge in [0.2, 0.25) is 0 Å². The number of benzene rings is 1. The van der Waals surface area contributed by atoms with E-state index in [1.54, 1.807) is 28.9 Å². The Balaban J connectivity index is 1.92. The molecule has 138 valence electrons. The molecule has 1 heterocycles. The summed E-state index contributed by atoms with van der Waals surface area (Å²) < 4.78 is 19.6. The quantitative estimate of drug-likeness (QED) is 0.754. The van der Waals surface area contributed by atoms with Crippen molar-refractivity contribution in [1.29, 1.82) is 0 Å². The first kappa shape index (κ1) is 19.5. The molecule has 25 heavy (non-hydrogen) atoms. The smallest absolute Gasteiger partial charge is 0.410 e. The number of hydrogen-bond acceptors (Lipinski definition) is 3. The van der Waals surface area contributed by atoms with E-state index in [0.29, 0.717) is 41.9 Å². The second-order valence-electron chi connectivity index (χ2n) is 6.92. The van der Waals surface area contributed by atoms with E-state index in [9.17, 15) is 14.0 Å². The minimum atomic E-state index is -0.547. The van der Waals surface area contributed by atoms with Gasteiger partial charge in [-0.15, -0.1) is 0 Å². The lowest BCUT2D eigenvalue weighted by Crippen LogP contribution is -2.52. The standard InChI is InChI=1S/C17H23BrFN3O3/c1-11-13(6-5-12(18)14(11)19)20-15(23)21-7-9-22(10-8-21)16(24)25-17(2,3)4/h5-6H,7-10H2,1-4H3,(H,20,23). The van der Waals surface area contributed by atoms with Crippen molar-refractivity contribution < 1.29 is 18.7 Å². The minimum Gasteiger partial charge on any atom is -0.444 e. The van der Waals surface area contributed by atoms with Crippen molar-refractivity contribution in [2.24, 2.45) is 0 Å². The molecule has 0 bridgehead atoms. The molecule has 1 N–H and O–H groups in total. The fraction of sp³-hybridized carbons (Fsp3) is 0.529. The molecule has 6 nitrogen and oxygen atoms in total. The van der Waals surface area contributed by atoms with Gasteiger partial charge >= 0.3 is 12.1 Å². The second kappa shape index (κ2) is 7.59. The molecule has 0 atom stereocenters. The van der Waals surface area contributed by atoms with Crippen LogP contribution in [0.4, 0.5) is 19.7 Å². The lowest BCUT2D eigenvalue weighted by molar-refractivity contribution is 0.0174. The van der Waals surface area contributed by atoms with Crippen LogP contribution in [0.3, 0.4) is 0 Å². The van der Waals surface area contributed by atoms with Crippen LogP contribution in [0, 0.1) is 12.7 Å². The Morgan fingerprint density at radius 2 is 1.72 bits per heavy atom. The first-order chi connectivity index (χ1) is 11.6. The molecule has 0 aliphatic carbocycles. The maximum absolute atomic E-state index is 13.9. The van der Waals surface area contributed by atoms with Crippen LogP contribution in [-0.4, -0.2) is 53.7 Å². The molecule has 0 aromatic heterocycles. The predicted molar refractivity (Wildman–Crippen MR) is 97.2 cm³/mol. The molecule has 3 amide bonds. The summed E-state index contributed by atoms with van der Waals surface area (Å²) in [5.41, 5.74) is 0.254. The third kappa shape index (κ3) is 5.07. The highest BCUT2D eigenvalue weighted by atomic mass is 79.9. The third-order valence-corrected chi connectivity index (χ3v) is 4.41. The topological polar surface area (TPSA) is 61.9 Å². The molecular weight excluding hydrogens is 393 g/mol. The van der Waals surface area contributed by atoms with Crippen LogP contribution in [0.2, 0.25) is 0 Å². The Labute approximate surface area is 155 Å². The summed E-state index contributed by atoms with van der Waals surface area (Å²) >= 11 is 3.12. The molecule has 0 saturated carbocycles. The summed E-state index contributed by atoms with van der Waals surface area (Å²) in [6.45, 7) is 8.63. The number of rotatable bonds is 1. The average molecular weight is 416 g/mol. The molecule has 1 fully saturated rings. The number of nitrogens with zero attached hydrogens (tertiary/aromatic N) is 2. The van der Waals surface area contributed by atoms with Crippen LogP contribution < -0.4 is 5.32 Å². The van der Waals surface area contributed by atoms with Crippen LogP contribution >= 0.6 is 15.9 Å².